The Morgan fingerprint density at radius 2 is 2.25 bits per heavy atom. The van der Waals surface area contributed by atoms with Crippen LogP contribution in [-0.2, 0) is 0 Å². The quantitative estimate of drug-likeness (QED) is 0.899. The highest BCUT2D eigenvalue weighted by Gasteiger charge is 2.25. The molecule has 1 saturated heterocycles. The van der Waals surface area contributed by atoms with Crippen LogP contribution in [0, 0.1) is 6.92 Å². The van der Waals surface area contributed by atoms with E-state index < -0.39 is 0 Å². The van der Waals surface area contributed by atoms with Gasteiger partial charge in [0.1, 0.15) is 5.82 Å². The van der Waals surface area contributed by atoms with Crippen LogP contribution in [0.2, 0.25) is 0 Å². The third-order valence-electron chi connectivity index (χ3n) is 3.98. The monoisotopic (exact) mass is 271 g/mol. The number of aromatic amines is 1. The molecule has 0 aliphatic carbocycles. The van der Waals surface area contributed by atoms with E-state index in [1.165, 1.54) is 6.42 Å². The largest absolute Gasteiger partial charge is 0.381 e. The predicted molar refractivity (Wildman–Crippen MR) is 80.7 cm³/mol. The van der Waals surface area contributed by atoms with Gasteiger partial charge in [-0.05, 0) is 39.4 Å². The van der Waals surface area contributed by atoms with E-state index in [0.29, 0.717) is 12.1 Å². The Balaban J connectivity index is 1.75. The van der Waals surface area contributed by atoms with E-state index in [2.05, 4.69) is 51.5 Å². The third kappa shape index (κ3) is 2.67. The van der Waals surface area contributed by atoms with Crippen molar-refractivity contribution in [3.05, 3.63) is 30.1 Å². The number of aryl methyl sites for hydroxylation is 1. The lowest BCUT2D eigenvalue weighted by Gasteiger charge is -2.14. The molecule has 2 unspecified atom stereocenters. The lowest BCUT2D eigenvalue weighted by Crippen LogP contribution is -2.24. The van der Waals surface area contributed by atoms with E-state index in [-0.39, 0.29) is 0 Å². The number of nitrogens with one attached hydrogen (secondary N) is 2. The van der Waals surface area contributed by atoms with Crippen molar-refractivity contribution in [2.75, 3.05) is 18.9 Å². The molecular weight excluding hydrogens is 250 g/mol. The Kier molecular flexibility index (Phi) is 3.44. The molecule has 20 heavy (non-hydrogen) atoms. The third-order valence-corrected chi connectivity index (χ3v) is 3.98. The molecule has 0 amide bonds. The molecule has 2 N–H and O–H groups in total. The molecule has 0 saturated carbocycles. The van der Waals surface area contributed by atoms with Crippen LogP contribution < -0.4 is 5.32 Å². The van der Waals surface area contributed by atoms with E-state index in [1.807, 2.05) is 19.1 Å². The van der Waals surface area contributed by atoms with Crippen LogP contribution >= 0.6 is 0 Å². The van der Waals surface area contributed by atoms with Gasteiger partial charge in [0.15, 0.2) is 5.82 Å². The minimum Gasteiger partial charge on any atom is -0.381 e. The number of aromatic nitrogens is 3. The van der Waals surface area contributed by atoms with Gasteiger partial charge in [0.05, 0.1) is 0 Å². The molecule has 5 nitrogen and oxygen atoms in total. The van der Waals surface area contributed by atoms with Crippen molar-refractivity contribution in [1.82, 2.24) is 20.1 Å². The zero-order chi connectivity index (χ0) is 14.1. The van der Waals surface area contributed by atoms with Gasteiger partial charge in [-0.25, -0.2) is 4.98 Å². The second-order valence-electron chi connectivity index (χ2n) is 5.69. The Bertz CT molecular complexity index is 581. The maximum absolute atomic E-state index is 4.38. The fourth-order valence-corrected chi connectivity index (χ4v) is 2.75. The molecule has 1 aliphatic rings. The van der Waals surface area contributed by atoms with Crippen molar-refractivity contribution in [2.24, 2.45) is 0 Å². The molecule has 1 aromatic carbocycles. The van der Waals surface area contributed by atoms with E-state index in [1.54, 1.807) is 0 Å². The van der Waals surface area contributed by atoms with Crippen molar-refractivity contribution in [3.63, 3.8) is 0 Å². The van der Waals surface area contributed by atoms with Crippen LogP contribution in [0.25, 0.3) is 11.4 Å². The topological polar surface area (TPSA) is 56.8 Å². The van der Waals surface area contributed by atoms with Crippen LogP contribution in [-0.4, -0.2) is 45.8 Å². The van der Waals surface area contributed by atoms with Crippen molar-refractivity contribution in [1.29, 1.82) is 0 Å². The Labute approximate surface area is 119 Å². The Morgan fingerprint density at radius 3 is 2.90 bits per heavy atom. The van der Waals surface area contributed by atoms with Crippen molar-refractivity contribution >= 4 is 5.69 Å². The molecule has 106 valence electrons. The summed E-state index contributed by atoms with van der Waals surface area (Å²) in [6.07, 6.45) is 1.18. The average Bonchev–Trinajstić information content (AvgIpc) is 2.97. The molecule has 1 fully saturated rings. The smallest absolute Gasteiger partial charge is 0.181 e. The van der Waals surface area contributed by atoms with Gasteiger partial charge in [-0.1, -0.05) is 12.1 Å². The summed E-state index contributed by atoms with van der Waals surface area (Å²) in [6, 6.07) is 9.46. The minimum absolute atomic E-state index is 0.513. The van der Waals surface area contributed by atoms with Crippen molar-refractivity contribution < 1.29 is 0 Å². The summed E-state index contributed by atoms with van der Waals surface area (Å²) in [6.45, 7) is 5.27. The highest BCUT2D eigenvalue weighted by atomic mass is 15.2. The van der Waals surface area contributed by atoms with E-state index in [0.717, 1.165) is 29.4 Å². The van der Waals surface area contributed by atoms with Crippen molar-refractivity contribution in [3.8, 4) is 11.4 Å². The molecular formula is C15H21N5. The number of likely N-dealkylation sites (tertiary alicyclic amines) is 1. The highest BCUT2D eigenvalue weighted by Crippen LogP contribution is 2.23. The van der Waals surface area contributed by atoms with Crippen LogP contribution in [0.15, 0.2) is 24.3 Å². The van der Waals surface area contributed by atoms with Gasteiger partial charge in [-0.3, -0.25) is 5.10 Å². The SMILES string of the molecule is Cc1nc(-c2cccc(NC3CC(C)N(C)C3)c2)n[nH]1. The summed E-state index contributed by atoms with van der Waals surface area (Å²) in [7, 11) is 2.18. The molecule has 2 atom stereocenters. The van der Waals surface area contributed by atoms with Crippen molar-refractivity contribution in [2.45, 2.75) is 32.4 Å². The van der Waals surface area contributed by atoms with Crippen LogP contribution in [0.4, 0.5) is 5.69 Å². The second-order valence-corrected chi connectivity index (χ2v) is 5.69. The normalized spacial score (nSPS) is 23.1. The summed E-state index contributed by atoms with van der Waals surface area (Å²) in [5.41, 5.74) is 2.18. The molecule has 0 spiro atoms. The summed E-state index contributed by atoms with van der Waals surface area (Å²) >= 11 is 0. The lowest BCUT2D eigenvalue weighted by molar-refractivity contribution is 0.330. The number of hydrogen-bond donors (Lipinski definition) is 2. The molecule has 0 radical (unpaired) electrons. The standard InChI is InChI=1S/C15H21N5/c1-10-7-14(9-20(10)3)17-13-6-4-5-12(8-13)15-16-11(2)18-19-15/h4-6,8,10,14,17H,7,9H2,1-3H3,(H,16,18,19). The summed E-state index contributed by atoms with van der Waals surface area (Å²) in [4.78, 5) is 6.76. The molecule has 2 heterocycles. The average molecular weight is 271 g/mol. The van der Waals surface area contributed by atoms with Gasteiger partial charge in [0.25, 0.3) is 0 Å². The first-order valence-corrected chi connectivity index (χ1v) is 7.08. The first-order chi connectivity index (χ1) is 9.61. The molecule has 0 bridgehead atoms. The maximum atomic E-state index is 4.38. The first-order valence-electron chi connectivity index (χ1n) is 7.08. The van der Waals surface area contributed by atoms with Crippen LogP contribution in [0.5, 0.6) is 0 Å². The summed E-state index contributed by atoms with van der Waals surface area (Å²) in [5, 5.41) is 10.7. The van der Waals surface area contributed by atoms with Crippen LogP contribution in [0.3, 0.4) is 0 Å². The summed E-state index contributed by atoms with van der Waals surface area (Å²) in [5.74, 6) is 1.59. The molecule has 1 aliphatic heterocycles. The Hall–Kier alpha value is -1.88. The lowest BCUT2D eigenvalue weighted by atomic mass is 10.1. The number of H-pyrrole nitrogens is 1. The number of hydrogen-bond acceptors (Lipinski definition) is 4. The highest BCUT2D eigenvalue weighted by molar-refractivity contribution is 5.62. The molecule has 1 aromatic heterocycles. The van der Waals surface area contributed by atoms with Gasteiger partial charge in [-0.15, -0.1) is 0 Å². The van der Waals surface area contributed by atoms with E-state index in [9.17, 15) is 0 Å². The number of likely N-dealkylation sites (N-methyl/N-ethyl adjacent to an activating group) is 1. The Morgan fingerprint density at radius 1 is 1.40 bits per heavy atom. The second kappa shape index (κ2) is 5.25. The van der Waals surface area contributed by atoms with E-state index in [4.69, 9.17) is 0 Å². The number of anilines is 1. The zero-order valence-electron chi connectivity index (χ0n) is 12.2. The minimum atomic E-state index is 0.513. The molecule has 2 aromatic rings. The summed E-state index contributed by atoms with van der Waals surface area (Å²) < 4.78 is 0. The van der Waals surface area contributed by atoms with Gasteiger partial charge >= 0.3 is 0 Å². The maximum Gasteiger partial charge on any atom is 0.181 e. The fraction of sp³-hybridized carbons (Fsp3) is 0.467. The van der Waals surface area contributed by atoms with Gasteiger partial charge in [0, 0.05) is 29.9 Å². The number of rotatable bonds is 3. The number of nitrogens with zero attached hydrogens (tertiary/aromatic N) is 3. The van der Waals surface area contributed by atoms with Gasteiger partial charge < -0.3 is 10.2 Å². The number of benzene rings is 1. The molecule has 5 heteroatoms. The zero-order valence-corrected chi connectivity index (χ0v) is 12.2. The fourth-order valence-electron chi connectivity index (χ4n) is 2.75. The predicted octanol–water partition coefficient (Wildman–Crippen LogP) is 2.28. The van der Waals surface area contributed by atoms with E-state index >= 15 is 0 Å². The van der Waals surface area contributed by atoms with Gasteiger partial charge in [-0.2, -0.15) is 5.10 Å². The van der Waals surface area contributed by atoms with Crippen LogP contribution in [0.1, 0.15) is 19.2 Å². The van der Waals surface area contributed by atoms with Gasteiger partial charge in [0.2, 0.25) is 0 Å². The first kappa shape index (κ1) is 13.1. The molecule has 3 rings (SSSR count).